The highest BCUT2D eigenvalue weighted by Gasteiger charge is 2.17. The molecule has 1 aliphatic rings. The molecule has 10 heteroatoms. The first-order valence-electron chi connectivity index (χ1n) is 11.3. The summed E-state index contributed by atoms with van der Waals surface area (Å²) in [6, 6.07) is 13.6. The summed E-state index contributed by atoms with van der Waals surface area (Å²) in [6.07, 6.45) is 1.79. The molecule has 0 spiro atoms. The first-order chi connectivity index (χ1) is 16.4. The predicted molar refractivity (Wildman–Crippen MR) is 135 cm³/mol. The van der Waals surface area contributed by atoms with Gasteiger partial charge in [-0.1, -0.05) is 19.1 Å². The van der Waals surface area contributed by atoms with Crippen molar-refractivity contribution in [3.63, 3.8) is 0 Å². The first-order valence-corrected chi connectivity index (χ1v) is 13.6. The third-order valence-corrected chi connectivity index (χ3v) is 8.14. The molecule has 1 saturated heterocycles. The Hall–Kier alpha value is -2.79. The number of hydrogen-bond acceptors (Lipinski definition) is 7. The second-order valence-electron chi connectivity index (χ2n) is 8.06. The van der Waals surface area contributed by atoms with E-state index in [1.54, 1.807) is 6.20 Å². The number of thiophene rings is 1. The SMILES string of the molecule is CCN1CCN(c2ccc(CNC(=O)c3ccc(S(=O)(=O)NCc4cccs4)cc3)cn2)CC1. The molecule has 1 aromatic carbocycles. The van der Waals surface area contributed by atoms with E-state index < -0.39 is 10.0 Å². The summed E-state index contributed by atoms with van der Waals surface area (Å²) in [5, 5.41) is 4.77. The number of pyridine rings is 1. The van der Waals surface area contributed by atoms with Gasteiger partial charge in [-0.15, -0.1) is 11.3 Å². The molecule has 0 radical (unpaired) electrons. The van der Waals surface area contributed by atoms with Crippen molar-refractivity contribution >= 4 is 33.1 Å². The van der Waals surface area contributed by atoms with E-state index in [0.29, 0.717) is 12.1 Å². The monoisotopic (exact) mass is 499 g/mol. The number of nitrogens with zero attached hydrogens (tertiary/aromatic N) is 3. The molecule has 4 rings (SSSR count). The lowest BCUT2D eigenvalue weighted by Crippen LogP contribution is -2.46. The van der Waals surface area contributed by atoms with Crippen LogP contribution in [0.5, 0.6) is 0 Å². The van der Waals surface area contributed by atoms with Crippen LogP contribution in [0.25, 0.3) is 0 Å². The molecule has 1 fully saturated rings. The maximum Gasteiger partial charge on any atom is 0.251 e. The Bertz CT molecular complexity index is 1170. The molecule has 0 saturated carbocycles. The lowest BCUT2D eigenvalue weighted by molar-refractivity contribution is 0.0951. The van der Waals surface area contributed by atoms with Gasteiger partial charge in [0.25, 0.3) is 5.91 Å². The summed E-state index contributed by atoms with van der Waals surface area (Å²) in [6.45, 7) is 7.85. The number of amides is 1. The highest BCUT2D eigenvalue weighted by molar-refractivity contribution is 7.89. The molecule has 0 aliphatic carbocycles. The van der Waals surface area contributed by atoms with E-state index in [9.17, 15) is 13.2 Å². The van der Waals surface area contributed by atoms with Crippen LogP contribution in [0.4, 0.5) is 5.82 Å². The Kier molecular flexibility index (Phi) is 7.94. The molecule has 3 aromatic rings. The fourth-order valence-corrected chi connectivity index (χ4v) is 5.48. The summed E-state index contributed by atoms with van der Waals surface area (Å²) < 4.78 is 27.5. The van der Waals surface area contributed by atoms with Crippen LogP contribution in [-0.4, -0.2) is 56.9 Å². The molecule has 2 aromatic heterocycles. The Labute approximate surface area is 204 Å². The average Bonchev–Trinajstić information content (AvgIpc) is 3.40. The van der Waals surface area contributed by atoms with Crippen molar-refractivity contribution in [3.8, 4) is 0 Å². The van der Waals surface area contributed by atoms with Gasteiger partial charge in [0, 0.05) is 55.9 Å². The van der Waals surface area contributed by atoms with Crippen molar-refractivity contribution in [2.75, 3.05) is 37.6 Å². The number of likely N-dealkylation sites (N-methyl/N-ethyl adjacent to an activating group) is 1. The molecule has 0 atom stereocenters. The highest BCUT2D eigenvalue weighted by atomic mass is 32.2. The highest BCUT2D eigenvalue weighted by Crippen LogP contribution is 2.15. The van der Waals surface area contributed by atoms with Crippen molar-refractivity contribution in [3.05, 3.63) is 76.1 Å². The molecule has 180 valence electrons. The summed E-state index contributed by atoms with van der Waals surface area (Å²) in [4.78, 5) is 22.8. The molecule has 3 heterocycles. The van der Waals surface area contributed by atoms with Crippen LogP contribution in [0.1, 0.15) is 27.7 Å². The second kappa shape index (κ2) is 11.1. The number of piperazine rings is 1. The largest absolute Gasteiger partial charge is 0.354 e. The Balaban J connectivity index is 1.28. The molecule has 0 bridgehead atoms. The summed E-state index contributed by atoms with van der Waals surface area (Å²) >= 11 is 1.49. The number of nitrogens with one attached hydrogen (secondary N) is 2. The van der Waals surface area contributed by atoms with Crippen LogP contribution in [0.2, 0.25) is 0 Å². The minimum atomic E-state index is -3.64. The third-order valence-electron chi connectivity index (χ3n) is 5.85. The quantitative estimate of drug-likeness (QED) is 0.470. The molecule has 0 unspecified atom stereocenters. The van der Waals surface area contributed by atoms with Gasteiger partial charge < -0.3 is 15.1 Å². The number of carbonyl (C=O) groups excluding carboxylic acids is 1. The van der Waals surface area contributed by atoms with Crippen LogP contribution >= 0.6 is 11.3 Å². The van der Waals surface area contributed by atoms with Crippen molar-refractivity contribution < 1.29 is 13.2 Å². The zero-order chi connectivity index (χ0) is 24.0. The van der Waals surface area contributed by atoms with Crippen LogP contribution in [0.3, 0.4) is 0 Å². The number of hydrogen-bond donors (Lipinski definition) is 2. The minimum Gasteiger partial charge on any atom is -0.354 e. The number of aromatic nitrogens is 1. The normalized spacial score (nSPS) is 14.8. The minimum absolute atomic E-state index is 0.125. The van der Waals surface area contributed by atoms with Crippen LogP contribution in [0, 0.1) is 0 Å². The van der Waals surface area contributed by atoms with Crippen LogP contribution in [-0.2, 0) is 23.1 Å². The lowest BCUT2D eigenvalue weighted by atomic mass is 10.2. The second-order valence-corrected chi connectivity index (χ2v) is 10.9. The van der Waals surface area contributed by atoms with Crippen LogP contribution in [0.15, 0.2) is 65.0 Å². The summed E-state index contributed by atoms with van der Waals surface area (Å²) in [5.41, 5.74) is 1.30. The Morgan fingerprint density at radius 2 is 1.79 bits per heavy atom. The summed E-state index contributed by atoms with van der Waals surface area (Å²) in [5.74, 6) is 0.686. The average molecular weight is 500 g/mol. The van der Waals surface area contributed by atoms with E-state index in [-0.39, 0.29) is 17.3 Å². The molecular formula is C24H29N5O3S2. The Morgan fingerprint density at radius 3 is 2.41 bits per heavy atom. The fourth-order valence-electron chi connectivity index (χ4n) is 3.73. The van der Waals surface area contributed by atoms with E-state index in [4.69, 9.17) is 0 Å². The van der Waals surface area contributed by atoms with Crippen molar-refractivity contribution in [1.29, 1.82) is 0 Å². The van der Waals surface area contributed by atoms with E-state index >= 15 is 0 Å². The van der Waals surface area contributed by atoms with E-state index in [1.807, 2.05) is 29.6 Å². The lowest BCUT2D eigenvalue weighted by Gasteiger charge is -2.34. The maximum absolute atomic E-state index is 12.5. The standard InChI is InChI=1S/C24H29N5O3S2/c1-2-28-11-13-29(14-12-28)23-10-5-19(16-25-23)17-26-24(30)20-6-8-22(9-7-20)34(31,32)27-18-21-4-3-15-33-21/h3-10,15-16,27H,2,11-14,17-18H2,1H3,(H,26,30). The van der Waals surface area contributed by atoms with Gasteiger partial charge >= 0.3 is 0 Å². The van der Waals surface area contributed by atoms with Crippen molar-refractivity contribution in [2.24, 2.45) is 0 Å². The van der Waals surface area contributed by atoms with E-state index in [1.165, 1.54) is 35.6 Å². The van der Waals surface area contributed by atoms with Crippen LogP contribution < -0.4 is 14.9 Å². The van der Waals surface area contributed by atoms with Crippen molar-refractivity contribution in [2.45, 2.75) is 24.9 Å². The zero-order valence-electron chi connectivity index (χ0n) is 19.1. The number of anilines is 1. The Morgan fingerprint density at radius 1 is 1.03 bits per heavy atom. The van der Waals surface area contributed by atoms with Crippen molar-refractivity contribution in [1.82, 2.24) is 19.9 Å². The number of rotatable bonds is 9. The molecule has 8 nitrogen and oxygen atoms in total. The first kappa shape index (κ1) is 24.3. The van der Waals surface area contributed by atoms with Gasteiger partial charge in [-0.2, -0.15) is 0 Å². The number of carbonyl (C=O) groups is 1. The van der Waals surface area contributed by atoms with Gasteiger partial charge in [0.2, 0.25) is 10.0 Å². The molecular weight excluding hydrogens is 470 g/mol. The van der Waals surface area contributed by atoms with E-state index in [2.05, 4.69) is 31.7 Å². The van der Waals surface area contributed by atoms with Gasteiger partial charge in [0.05, 0.1) is 4.90 Å². The predicted octanol–water partition coefficient (Wildman–Crippen LogP) is 2.69. The van der Waals surface area contributed by atoms with E-state index in [0.717, 1.165) is 49.0 Å². The van der Waals surface area contributed by atoms with Gasteiger partial charge in [0.15, 0.2) is 0 Å². The molecule has 1 amide bonds. The maximum atomic E-state index is 12.5. The molecule has 2 N–H and O–H groups in total. The number of benzene rings is 1. The summed E-state index contributed by atoms with van der Waals surface area (Å²) in [7, 11) is -3.64. The molecule has 1 aliphatic heterocycles. The third kappa shape index (κ3) is 6.20. The van der Waals surface area contributed by atoms with Gasteiger partial charge in [0.1, 0.15) is 5.82 Å². The van der Waals surface area contributed by atoms with Gasteiger partial charge in [-0.3, -0.25) is 4.79 Å². The number of sulfonamides is 1. The fraction of sp³-hybridized carbons (Fsp3) is 0.333. The zero-order valence-corrected chi connectivity index (χ0v) is 20.7. The van der Waals surface area contributed by atoms with Gasteiger partial charge in [-0.05, 0) is 53.9 Å². The molecule has 34 heavy (non-hydrogen) atoms. The van der Waals surface area contributed by atoms with Gasteiger partial charge in [-0.25, -0.2) is 18.1 Å². The topological polar surface area (TPSA) is 94.6 Å². The smallest absolute Gasteiger partial charge is 0.251 e.